The standard InChI is InChI=1S/C12H16N4O/c1-8-15-10-5-9(7-14-12(17)6-13)3-4-11(10)16(8)2/h3-5H,6-7,13H2,1-2H3,(H,14,17). The van der Waals surface area contributed by atoms with Gasteiger partial charge in [0.2, 0.25) is 5.91 Å². The summed E-state index contributed by atoms with van der Waals surface area (Å²) in [5.41, 5.74) is 8.29. The van der Waals surface area contributed by atoms with Crippen molar-refractivity contribution in [3.63, 3.8) is 0 Å². The first-order valence-electron chi connectivity index (χ1n) is 5.50. The van der Waals surface area contributed by atoms with Crippen LogP contribution in [-0.4, -0.2) is 22.0 Å². The van der Waals surface area contributed by atoms with E-state index >= 15 is 0 Å². The van der Waals surface area contributed by atoms with E-state index < -0.39 is 0 Å². The highest BCUT2D eigenvalue weighted by Crippen LogP contribution is 2.16. The summed E-state index contributed by atoms with van der Waals surface area (Å²) >= 11 is 0. The fourth-order valence-electron chi connectivity index (χ4n) is 1.75. The highest BCUT2D eigenvalue weighted by molar-refractivity contribution is 5.79. The van der Waals surface area contributed by atoms with E-state index in [0.717, 1.165) is 22.4 Å². The van der Waals surface area contributed by atoms with Crippen LogP contribution in [0.15, 0.2) is 18.2 Å². The van der Waals surface area contributed by atoms with E-state index in [9.17, 15) is 4.79 Å². The van der Waals surface area contributed by atoms with Gasteiger partial charge >= 0.3 is 0 Å². The number of benzene rings is 1. The molecular weight excluding hydrogens is 216 g/mol. The number of carbonyl (C=O) groups is 1. The molecule has 2 aromatic rings. The lowest BCUT2D eigenvalue weighted by Gasteiger charge is -2.03. The summed E-state index contributed by atoms with van der Waals surface area (Å²) in [6, 6.07) is 5.98. The van der Waals surface area contributed by atoms with Crippen molar-refractivity contribution in [2.45, 2.75) is 13.5 Å². The normalized spacial score (nSPS) is 10.8. The molecule has 90 valence electrons. The van der Waals surface area contributed by atoms with Gasteiger partial charge in [-0.05, 0) is 24.6 Å². The summed E-state index contributed by atoms with van der Waals surface area (Å²) in [6.45, 7) is 2.47. The van der Waals surface area contributed by atoms with Gasteiger partial charge in [0, 0.05) is 13.6 Å². The van der Waals surface area contributed by atoms with Crippen LogP contribution in [0, 0.1) is 6.92 Å². The number of amides is 1. The van der Waals surface area contributed by atoms with Gasteiger partial charge in [-0.25, -0.2) is 4.98 Å². The second-order valence-corrected chi connectivity index (χ2v) is 4.02. The average Bonchev–Trinajstić information content (AvgIpc) is 2.62. The molecule has 5 nitrogen and oxygen atoms in total. The molecule has 0 atom stereocenters. The molecule has 5 heteroatoms. The SMILES string of the molecule is Cc1nc2cc(CNC(=O)CN)ccc2n1C. The number of hydrogen-bond donors (Lipinski definition) is 2. The molecule has 1 aromatic carbocycles. The van der Waals surface area contributed by atoms with Crippen molar-refractivity contribution in [3.8, 4) is 0 Å². The first kappa shape index (κ1) is 11.6. The van der Waals surface area contributed by atoms with Crippen molar-refractivity contribution < 1.29 is 4.79 Å². The summed E-state index contributed by atoms with van der Waals surface area (Å²) < 4.78 is 2.04. The first-order chi connectivity index (χ1) is 8.11. The zero-order valence-corrected chi connectivity index (χ0v) is 10.0. The molecule has 0 saturated heterocycles. The minimum Gasteiger partial charge on any atom is -0.351 e. The molecule has 0 fully saturated rings. The predicted molar refractivity (Wildman–Crippen MR) is 66.4 cm³/mol. The number of nitrogens with two attached hydrogens (primary N) is 1. The first-order valence-corrected chi connectivity index (χ1v) is 5.50. The van der Waals surface area contributed by atoms with E-state index in [0.29, 0.717) is 6.54 Å². The molecule has 0 saturated carbocycles. The third kappa shape index (κ3) is 2.29. The summed E-state index contributed by atoms with van der Waals surface area (Å²) in [5.74, 6) is 0.824. The van der Waals surface area contributed by atoms with E-state index in [1.807, 2.05) is 36.7 Å². The molecule has 1 amide bonds. The van der Waals surface area contributed by atoms with Crippen LogP contribution in [0.25, 0.3) is 11.0 Å². The molecule has 0 unspecified atom stereocenters. The number of nitrogens with zero attached hydrogens (tertiary/aromatic N) is 2. The summed E-state index contributed by atoms with van der Waals surface area (Å²) in [6.07, 6.45) is 0. The lowest BCUT2D eigenvalue weighted by atomic mass is 10.2. The number of rotatable bonds is 3. The van der Waals surface area contributed by atoms with Gasteiger partial charge in [-0.3, -0.25) is 4.79 Å². The third-order valence-electron chi connectivity index (χ3n) is 2.84. The van der Waals surface area contributed by atoms with Crippen LogP contribution in [0.5, 0.6) is 0 Å². The molecule has 0 aliphatic heterocycles. The van der Waals surface area contributed by atoms with Crippen LogP contribution in [0.2, 0.25) is 0 Å². The maximum atomic E-state index is 11.1. The van der Waals surface area contributed by atoms with Gasteiger partial charge in [-0.15, -0.1) is 0 Å². The zero-order valence-electron chi connectivity index (χ0n) is 10.0. The molecule has 0 aliphatic carbocycles. The second-order valence-electron chi connectivity index (χ2n) is 4.02. The topological polar surface area (TPSA) is 72.9 Å². The van der Waals surface area contributed by atoms with Crippen LogP contribution in [0.3, 0.4) is 0 Å². The Morgan fingerprint density at radius 3 is 3.00 bits per heavy atom. The molecule has 0 aliphatic rings. The summed E-state index contributed by atoms with van der Waals surface area (Å²) in [4.78, 5) is 15.5. The molecule has 0 radical (unpaired) electrons. The number of carbonyl (C=O) groups excluding carboxylic acids is 1. The van der Waals surface area contributed by atoms with Gasteiger partial charge in [0.15, 0.2) is 0 Å². The quantitative estimate of drug-likeness (QED) is 0.807. The molecule has 1 aromatic heterocycles. The monoisotopic (exact) mass is 232 g/mol. The van der Waals surface area contributed by atoms with Crippen LogP contribution in [0.1, 0.15) is 11.4 Å². The Morgan fingerprint density at radius 1 is 1.53 bits per heavy atom. The minimum absolute atomic E-state index is 0.0188. The molecule has 3 N–H and O–H groups in total. The van der Waals surface area contributed by atoms with Gasteiger partial charge in [-0.2, -0.15) is 0 Å². The number of hydrogen-bond acceptors (Lipinski definition) is 3. The highest BCUT2D eigenvalue weighted by Gasteiger charge is 2.05. The number of aromatic nitrogens is 2. The number of fused-ring (bicyclic) bond motifs is 1. The maximum absolute atomic E-state index is 11.1. The van der Waals surface area contributed by atoms with Gasteiger partial charge in [-0.1, -0.05) is 6.07 Å². The van der Waals surface area contributed by atoms with Crippen LogP contribution < -0.4 is 11.1 Å². The Labute approximate surface area is 99.6 Å². The largest absolute Gasteiger partial charge is 0.351 e. The van der Waals surface area contributed by atoms with E-state index in [-0.39, 0.29) is 12.5 Å². The Hall–Kier alpha value is -1.88. The third-order valence-corrected chi connectivity index (χ3v) is 2.84. The van der Waals surface area contributed by atoms with Gasteiger partial charge in [0.1, 0.15) is 5.82 Å². The zero-order chi connectivity index (χ0) is 12.4. The van der Waals surface area contributed by atoms with Crippen molar-refractivity contribution in [2.24, 2.45) is 12.8 Å². The molecular formula is C12H16N4O. The Kier molecular flexibility index (Phi) is 3.10. The minimum atomic E-state index is -0.151. The maximum Gasteiger partial charge on any atom is 0.234 e. The number of nitrogens with one attached hydrogen (secondary N) is 1. The van der Waals surface area contributed by atoms with Gasteiger partial charge in [0.25, 0.3) is 0 Å². The van der Waals surface area contributed by atoms with E-state index in [2.05, 4.69) is 10.3 Å². The molecule has 0 spiro atoms. The van der Waals surface area contributed by atoms with E-state index in [4.69, 9.17) is 5.73 Å². The smallest absolute Gasteiger partial charge is 0.234 e. The Morgan fingerprint density at radius 2 is 2.29 bits per heavy atom. The van der Waals surface area contributed by atoms with E-state index in [1.54, 1.807) is 0 Å². The molecule has 1 heterocycles. The van der Waals surface area contributed by atoms with Crippen molar-refractivity contribution in [1.29, 1.82) is 0 Å². The lowest BCUT2D eigenvalue weighted by Crippen LogP contribution is -2.29. The highest BCUT2D eigenvalue weighted by atomic mass is 16.1. The average molecular weight is 232 g/mol. The van der Waals surface area contributed by atoms with Crippen LogP contribution in [0.4, 0.5) is 0 Å². The van der Waals surface area contributed by atoms with Crippen molar-refractivity contribution >= 4 is 16.9 Å². The van der Waals surface area contributed by atoms with Crippen molar-refractivity contribution in [1.82, 2.24) is 14.9 Å². The predicted octanol–water partition coefficient (Wildman–Crippen LogP) is 0.457. The van der Waals surface area contributed by atoms with Crippen molar-refractivity contribution in [3.05, 3.63) is 29.6 Å². The fourth-order valence-corrected chi connectivity index (χ4v) is 1.75. The second kappa shape index (κ2) is 4.55. The Balaban J connectivity index is 2.23. The molecule has 2 rings (SSSR count). The van der Waals surface area contributed by atoms with Gasteiger partial charge in [0.05, 0.1) is 17.6 Å². The molecule has 17 heavy (non-hydrogen) atoms. The Bertz CT molecular complexity index is 559. The van der Waals surface area contributed by atoms with E-state index in [1.165, 1.54) is 0 Å². The van der Waals surface area contributed by atoms with Crippen LogP contribution >= 0.6 is 0 Å². The van der Waals surface area contributed by atoms with Crippen molar-refractivity contribution in [2.75, 3.05) is 6.54 Å². The fraction of sp³-hybridized carbons (Fsp3) is 0.333. The number of aryl methyl sites for hydroxylation is 2. The number of imidazole rings is 1. The summed E-state index contributed by atoms with van der Waals surface area (Å²) in [5, 5.41) is 2.74. The van der Waals surface area contributed by atoms with Gasteiger partial charge < -0.3 is 15.6 Å². The lowest BCUT2D eigenvalue weighted by molar-refractivity contribution is -0.119. The summed E-state index contributed by atoms with van der Waals surface area (Å²) in [7, 11) is 1.99. The van der Waals surface area contributed by atoms with Crippen LogP contribution in [-0.2, 0) is 18.4 Å². The molecule has 0 bridgehead atoms.